The van der Waals surface area contributed by atoms with Gasteiger partial charge in [-0.05, 0) is 43.0 Å². The topological polar surface area (TPSA) is 24.9 Å². The molecule has 0 spiro atoms. The first-order valence-electron chi connectivity index (χ1n) is 6.92. The third kappa shape index (κ3) is 5.24. The number of hydrogen-bond donors (Lipinski definition) is 1. The van der Waals surface area contributed by atoms with Crippen LogP contribution in [0.25, 0.3) is 0 Å². The molecule has 0 amide bonds. The van der Waals surface area contributed by atoms with Crippen LogP contribution in [0.5, 0.6) is 0 Å². The molecule has 1 heterocycles. The summed E-state index contributed by atoms with van der Waals surface area (Å²) in [6, 6.07) is 6.38. The first-order chi connectivity index (χ1) is 9.85. The van der Waals surface area contributed by atoms with Crippen LogP contribution in [0.1, 0.15) is 37.6 Å². The molecule has 2 rings (SSSR count). The van der Waals surface area contributed by atoms with Crippen molar-refractivity contribution in [2.45, 2.75) is 50.0 Å². The second-order valence-electron chi connectivity index (χ2n) is 5.95. The van der Waals surface area contributed by atoms with E-state index < -0.39 is 0 Å². The van der Waals surface area contributed by atoms with Crippen molar-refractivity contribution in [3.05, 3.63) is 40.4 Å². The van der Waals surface area contributed by atoms with Crippen molar-refractivity contribution in [3.63, 3.8) is 0 Å². The van der Waals surface area contributed by atoms with Crippen LogP contribution in [0.15, 0.2) is 28.5 Å². The van der Waals surface area contributed by atoms with Crippen LogP contribution in [0.4, 0.5) is 5.13 Å². The van der Waals surface area contributed by atoms with Crippen molar-refractivity contribution >= 4 is 40.2 Å². The highest BCUT2D eigenvalue weighted by Gasteiger charge is 2.12. The van der Waals surface area contributed by atoms with Gasteiger partial charge in [-0.2, -0.15) is 0 Å². The van der Waals surface area contributed by atoms with E-state index in [4.69, 9.17) is 0 Å². The van der Waals surface area contributed by atoms with Gasteiger partial charge in [0.25, 0.3) is 0 Å². The molecule has 0 fully saturated rings. The fourth-order valence-electron chi connectivity index (χ4n) is 1.64. The SMILES string of the molecule is Cc1cccc(SNc2nc(CSC(C)(C)C)cs2)c1C. The summed E-state index contributed by atoms with van der Waals surface area (Å²) >= 11 is 5.24. The largest absolute Gasteiger partial charge is 0.302 e. The van der Waals surface area contributed by atoms with Crippen LogP contribution in [0.3, 0.4) is 0 Å². The normalized spacial score (nSPS) is 11.7. The standard InChI is InChI=1S/C16H22N2S3/c1-11-7-6-8-14(12(11)2)21-18-15-17-13(9-19-15)10-20-16(3,4)5/h6-9H,10H2,1-5H3,(H,17,18). The summed E-state index contributed by atoms with van der Waals surface area (Å²) in [5.41, 5.74) is 3.81. The molecule has 0 atom stereocenters. The van der Waals surface area contributed by atoms with Crippen LogP contribution in [0, 0.1) is 13.8 Å². The zero-order chi connectivity index (χ0) is 15.5. The summed E-state index contributed by atoms with van der Waals surface area (Å²) in [5.74, 6) is 0.968. The van der Waals surface area contributed by atoms with Crippen molar-refractivity contribution in [2.24, 2.45) is 0 Å². The van der Waals surface area contributed by atoms with E-state index in [0.717, 1.165) is 16.6 Å². The van der Waals surface area contributed by atoms with E-state index in [1.165, 1.54) is 16.0 Å². The highest BCUT2D eigenvalue weighted by atomic mass is 32.2. The maximum absolute atomic E-state index is 4.65. The molecule has 0 saturated carbocycles. The number of thiazole rings is 1. The number of nitrogens with one attached hydrogen (secondary N) is 1. The summed E-state index contributed by atoms with van der Waals surface area (Å²) in [4.78, 5) is 5.91. The van der Waals surface area contributed by atoms with Crippen LogP contribution in [0.2, 0.25) is 0 Å². The molecular weight excluding hydrogens is 316 g/mol. The molecule has 2 nitrogen and oxygen atoms in total. The molecular formula is C16H22N2S3. The van der Waals surface area contributed by atoms with Gasteiger partial charge in [0.05, 0.1) is 5.69 Å². The van der Waals surface area contributed by atoms with Crippen LogP contribution in [-0.2, 0) is 5.75 Å². The smallest absolute Gasteiger partial charge is 0.193 e. The average Bonchev–Trinajstić information content (AvgIpc) is 2.85. The highest BCUT2D eigenvalue weighted by Crippen LogP contribution is 2.31. The third-order valence-corrected chi connectivity index (χ3v) is 6.21. The molecule has 0 bridgehead atoms. The first-order valence-corrected chi connectivity index (χ1v) is 9.61. The lowest BCUT2D eigenvalue weighted by Crippen LogP contribution is -2.07. The van der Waals surface area contributed by atoms with E-state index in [2.05, 4.69) is 67.9 Å². The van der Waals surface area contributed by atoms with E-state index >= 15 is 0 Å². The number of hydrogen-bond acceptors (Lipinski definition) is 5. The summed E-state index contributed by atoms with van der Waals surface area (Å²) in [6.45, 7) is 11.0. The molecule has 2 aromatic rings. The Bertz CT molecular complexity index is 600. The Hall–Kier alpha value is -0.650. The predicted molar refractivity (Wildman–Crippen MR) is 98.6 cm³/mol. The third-order valence-electron chi connectivity index (χ3n) is 3.01. The summed E-state index contributed by atoms with van der Waals surface area (Å²) in [7, 11) is 0. The molecule has 114 valence electrons. The minimum absolute atomic E-state index is 0.282. The van der Waals surface area contributed by atoms with E-state index in [0.29, 0.717) is 0 Å². The van der Waals surface area contributed by atoms with Gasteiger partial charge in [-0.25, -0.2) is 4.98 Å². The minimum Gasteiger partial charge on any atom is -0.302 e. The first kappa shape index (κ1) is 16.7. The number of aryl methyl sites for hydroxylation is 1. The zero-order valence-electron chi connectivity index (χ0n) is 13.2. The van der Waals surface area contributed by atoms with Crippen LogP contribution in [-0.4, -0.2) is 9.73 Å². The van der Waals surface area contributed by atoms with Crippen molar-refractivity contribution in [2.75, 3.05) is 4.72 Å². The number of anilines is 1. The van der Waals surface area contributed by atoms with E-state index in [1.807, 2.05) is 11.8 Å². The maximum Gasteiger partial charge on any atom is 0.193 e. The molecule has 1 N–H and O–H groups in total. The summed E-state index contributed by atoms with van der Waals surface area (Å²) in [5, 5.41) is 3.12. The molecule has 1 aromatic carbocycles. The van der Waals surface area contributed by atoms with Gasteiger partial charge in [0.2, 0.25) is 0 Å². The Morgan fingerprint density at radius 2 is 2.00 bits per heavy atom. The van der Waals surface area contributed by atoms with Gasteiger partial charge in [-0.1, -0.05) is 32.9 Å². The lowest BCUT2D eigenvalue weighted by Gasteiger charge is -2.16. The van der Waals surface area contributed by atoms with Crippen LogP contribution >= 0.6 is 35.0 Å². The van der Waals surface area contributed by atoms with Gasteiger partial charge in [-0.15, -0.1) is 23.1 Å². The highest BCUT2D eigenvalue weighted by molar-refractivity contribution is 8.00. The fourth-order valence-corrected chi connectivity index (χ4v) is 4.05. The molecule has 0 radical (unpaired) electrons. The van der Waals surface area contributed by atoms with Crippen LogP contribution < -0.4 is 4.72 Å². The van der Waals surface area contributed by atoms with Gasteiger partial charge in [0.1, 0.15) is 0 Å². The minimum atomic E-state index is 0.282. The lowest BCUT2D eigenvalue weighted by atomic mass is 10.1. The summed E-state index contributed by atoms with van der Waals surface area (Å²) < 4.78 is 3.64. The molecule has 0 saturated heterocycles. The fraction of sp³-hybridized carbons (Fsp3) is 0.438. The van der Waals surface area contributed by atoms with E-state index in [9.17, 15) is 0 Å². The maximum atomic E-state index is 4.65. The number of benzene rings is 1. The predicted octanol–water partition coefficient (Wildman–Crippen LogP) is 5.91. The Balaban J connectivity index is 1.92. The van der Waals surface area contributed by atoms with Gasteiger partial charge in [0.15, 0.2) is 5.13 Å². The number of rotatable bonds is 5. The van der Waals surface area contributed by atoms with Crippen molar-refractivity contribution in [1.82, 2.24) is 4.98 Å². The Kier molecular flexibility index (Phi) is 5.63. The quantitative estimate of drug-likeness (QED) is 0.685. The van der Waals surface area contributed by atoms with Gasteiger partial charge in [0, 0.05) is 20.8 Å². The zero-order valence-corrected chi connectivity index (χ0v) is 15.6. The number of aromatic nitrogens is 1. The molecule has 0 aliphatic heterocycles. The Morgan fingerprint density at radius 3 is 2.71 bits per heavy atom. The average molecular weight is 339 g/mol. The van der Waals surface area contributed by atoms with Gasteiger partial charge < -0.3 is 4.72 Å². The molecule has 0 aliphatic rings. The van der Waals surface area contributed by atoms with Gasteiger partial charge >= 0.3 is 0 Å². The number of nitrogens with zero attached hydrogens (tertiary/aromatic N) is 1. The molecule has 5 heteroatoms. The Labute approximate surface area is 140 Å². The Morgan fingerprint density at radius 1 is 1.24 bits per heavy atom. The lowest BCUT2D eigenvalue weighted by molar-refractivity contribution is 0.801. The second-order valence-corrected chi connectivity index (χ2v) is 9.46. The van der Waals surface area contributed by atoms with Crippen molar-refractivity contribution < 1.29 is 0 Å². The van der Waals surface area contributed by atoms with E-state index in [1.54, 1.807) is 23.3 Å². The number of thioether (sulfide) groups is 1. The van der Waals surface area contributed by atoms with Crippen molar-refractivity contribution in [1.29, 1.82) is 0 Å². The monoisotopic (exact) mass is 338 g/mol. The molecule has 0 unspecified atom stereocenters. The van der Waals surface area contributed by atoms with Crippen molar-refractivity contribution in [3.8, 4) is 0 Å². The second kappa shape index (κ2) is 7.07. The van der Waals surface area contributed by atoms with Gasteiger partial charge in [-0.3, -0.25) is 0 Å². The molecule has 21 heavy (non-hydrogen) atoms. The molecule has 0 aliphatic carbocycles. The van der Waals surface area contributed by atoms with E-state index in [-0.39, 0.29) is 4.75 Å². The summed E-state index contributed by atoms with van der Waals surface area (Å²) in [6.07, 6.45) is 0. The molecule has 1 aromatic heterocycles.